The zero-order chi connectivity index (χ0) is 16.4. The number of para-hydroxylation sites is 1. The molecule has 122 valence electrons. The minimum atomic E-state index is -0.385. The van der Waals surface area contributed by atoms with Crippen LogP contribution in [0.2, 0.25) is 0 Å². The summed E-state index contributed by atoms with van der Waals surface area (Å²) >= 11 is 0. The predicted molar refractivity (Wildman–Crippen MR) is 97.2 cm³/mol. The lowest BCUT2D eigenvalue weighted by atomic mass is 9.93. The van der Waals surface area contributed by atoms with Crippen LogP contribution >= 0.6 is 0 Å². The Morgan fingerprint density at radius 1 is 1.09 bits per heavy atom. The molecule has 2 aromatic carbocycles. The first-order chi connectivity index (χ1) is 11.1. The van der Waals surface area contributed by atoms with E-state index < -0.39 is 0 Å². The van der Waals surface area contributed by atoms with E-state index in [1.807, 2.05) is 0 Å². The first-order valence-corrected chi connectivity index (χ1v) is 8.65. The molecule has 1 heterocycles. The van der Waals surface area contributed by atoms with Crippen molar-refractivity contribution in [3.05, 3.63) is 64.2 Å². The Bertz CT molecular complexity index is 669. The quantitative estimate of drug-likeness (QED) is 0.899. The van der Waals surface area contributed by atoms with Gasteiger partial charge in [-0.3, -0.25) is 0 Å². The lowest BCUT2D eigenvalue weighted by Crippen LogP contribution is -2.31. The molecule has 1 aliphatic heterocycles. The van der Waals surface area contributed by atoms with Crippen molar-refractivity contribution in [2.75, 3.05) is 18.0 Å². The van der Waals surface area contributed by atoms with Gasteiger partial charge in [0.15, 0.2) is 0 Å². The Balaban J connectivity index is 1.72. The first-order valence-electron chi connectivity index (χ1n) is 8.65. The minimum Gasteiger partial charge on any atom is -0.388 e. The number of hydrogen-bond donors (Lipinski definition) is 1. The number of benzene rings is 2. The van der Waals surface area contributed by atoms with E-state index in [9.17, 15) is 5.11 Å². The Kier molecular flexibility index (Phi) is 4.72. The summed E-state index contributed by atoms with van der Waals surface area (Å²) in [5.74, 6) is 0. The number of nitrogens with zero attached hydrogens (tertiary/aromatic N) is 1. The molecule has 2 aromatic rings. The Morgan fingerprint density at radius 2 is 1.78 bits per heavy atom. The molecular formula is C21H27NO. The fourth-order valence-corrected chi connectivity index (χ4v) is 3.98. The van der Waals surface area contributed by atoms with E-state index in [2.05, 4.69) is 62.1 Å². The molecule has 0 saturated carbocycles. The maximum atomic E-state index is 10.7. The number of fused-ring (bicyclic) bond motifs is 1. The number of hydrogen-bond acceptors (Lipinski definition) is 2. The average molecular weight is 309 g/mol. The van der Waals surface area contributed by atoms with E-state index in [1.54, 1.807) is 0 Å². The van der Waals surface area contributed by atoms with Gasteiger partial charge in [0.1, 0.15) is 0 Å². The number of anilines is 1. The highest BCUT2D eigenvalue weighted by Crippen LogP contribution is 2.30. The molecule has 1 unspecified atom stereocenters. The third-order valence-corrected chi connectivity index (χ3v) is 4.95. The average Bonchev–Trinajstić information content (AvgIpc) is 2.52. The second kappa shape index (κ2) is 6.76. The topological polar surface area (TPSA) is 23.5 Å². The maximum absolute atomic E-state index is 10.7. The van der Waals surface area contributed by atoms with Crippen LogP contribution in [0.5, 0.6) is 0 Å². The van der Waals surface area contributed by atoms with Crippen molar-refractivity contribution in [3.63, 3.8) is 0 Å². The zero-order valence-electron chi connectivity index (χ0n) is 14.5. The van der Waals surface area contributed by atoms with E-state index in [0.29, 0.717) is 0 Å². The number of aliphatic hydroxyl groups excluding tert-OH is 1. The van der Waals surface area contributed by atoms with Gasteiger partial charge < -0.3 is 10.0 Å². The van der Waals surface area contributed by atoms with Crippen LogP contribution in [0, 0.1) is 20.8 Å². The maximum Gasteiger partial charge on any atom is 0.0812 e. The van der Waals surface area contributed by atoms with Crippen molar-refractivity contribution in [1.82, 2.24) is 0 Å². The number of aryl methyl sites for hydroxylation is 4. The monoisotopic (exact) mass is 309 g/mol. The molecule has 23 heavy (non-hydrogen) atoms. The van der Waals surface area contributed by atoms with Gasteiger partial charge in [-0.2, -0.15) is 0 Å². The van der Waals surface area contributed by atoms with Gasteiger partial charge in [-0.1, -0.05) is 35.9 Å². The van der Waals surface area contributed by atoms with Gasteiger partial charge in [-0.25, -0.2) is 0 Å². The molecule has 0 saturated heterocycles. The molecule has 0 fully saturated rings. The smallest absolute Gasteiger partial charge is 0.0812 e. The van der Waals surface area contributed by atoms with Crippen molar-refractivity contribution in [2.24, 2.45) is 0 Å². The SMILES string of the molecule is Cc1cc(C)c(C(O)CCN2CCCc3ccccc32)c(C)c1. The molecular weight excluding hydrogens is 282 g/mol. The fraction of sp³-hybridized carbons (Fsp3) is 0.429. The first kappa shape index (κ1) is 16.1. The van der Waals surface area contributed by atoms with Gasteiger partial charge >= 0.3 is 0 Å². The Labute approximate surface area is 139 Å². The van der Waals surface area contributed by atoms with Gasteiger partial charge in [0.05, 0.1) is 6.10 Å². The highest BCUT2D eigenvalue weighted by atomic mass is 16.3. The van der Waals surface area contributed by atoms with Crippen LogP contribution in [-0.4, -0.2) is 18.2 Å². The normalized spacial score (nSPS) is 15.4. The van der Waals surface area contributed by atoms with Crippen molar-refractivity contribution in [3.8, 4) is 0 Å². The van der Waals surface area contributed by atoms with Crippen LogP contribution in [0.25, 0.3) is 0 Å². The molecule has 0 aliphatic carbocycles. The van der Waals surface area contributed by atoms with E-state index in [-0.39, 0.29) is 6.10 Å². The highest BCUT2D eigenvalue weighted by molar-refractivity contribution is 5.55. The third kappa shape index (κ3) is 3.42. The van der Waals surface area contributed by atoms with E-state index in [0.717, 1.165) is 25.1 Å². The van der Waals surface area contributed by atoms with E-state index >= 15 is 0 Å². The van der Waals surface area contributed by atoms with Gasteiger partial charge in [0.2, 0.25) is 0 Å². The molecule has 1 N–H and O–H groups in total. The molecule has 2 nitrogen and oxygen atoms in total. The summed E-state index contributed by atoms with van der Waals surface area (Å²) in [6, 6.07) is 13.0. The van der Waals surface area contributed by atoms with Crippen molar-refractivity contribution in [2.45, 2.75) is 46.1 Å². The minimum absolute atomic E-state index is 0.385. The van der Waals surface area contributed by atoms with Crippen LogP contribution in [0.3, 0.4) is 0 Å². The molecule has 2 heteroatoms. The fourth-order valence-electron chi connectivity index (χ4n) is 3.98. The largest absolute Gasteiger partial charge is 0.388 e. The molecule has 0 bridgehead atoms. The summed E-state index contributed by atoms with van der Waals surface area (Å²) in [6.07, 6.45) is 2.77. The van der Waals surface area contributed by atoms with Crippen molar-refractivity contribution in [1.29, 1.82) is 0 Å². The van der Waals surface area contributed by atoms with E-state index in [4.69, 9.17) is 0 Å². The summed E-state index contributed by atoms with van der Waals surface area (Å²) in [4.78, 5) is 2.43. The van der Waals surface area contributed by atoms with Crippen molar-refractivity contribution < 1.29 is 5.11 Å². The predicted octanol–water partition coefficient (Wildman–Crippen LogP) is 4.49. The van der Waals surface area contributed by atoms with Crippen LogP contribution in [0.1, 0.15) is 46.8 Å². The Morgan fingerprint density at radius 3 is 2.52 bits per heavy atom. The standard InChI is InChI=1S/C21H27NO/c1-15-13-16(2)21(17(3)14-15)20(23)10-12-22-11-6-8-18-7-4-5-9-19(18)22/h4-5,7,9,13-14,20,23H,6,8,10-12H2,1-3H3. The summed E-state index contributed by atoms with van der Waals surface area (Å²) in [7, 11) is 0. The summed E-state index contributed by atoms with van der Waals surface area (Å²) < 4.78 is 0. The summed E-state index contributed by atoms with van der Waals surface area (Å²) in [5, 5.41) is 10.7. The molecule has 0 aromatic heterocycles. The molecule has 0 spiro atoms. The third-order valence-electron chi connectivity index (χ3n) is 4.95. The van der Waals surface area contributed by atoms with Crippen LogP contribution in [-0.2, 0) is 6.42 Å². The van der Waals surface area contributed by atoms with Crippen molar-refractivity contribution >= 4 is 5.69 Å². The van der Waals surface area contributed by atoms with Gasteiger partial charge in [0, 0.05) is 18.8 Å². The molecule has 1 atom stereocenters. The van der Waals surface area contributed by atoms with Crippen LogP contribution < -0.4 is 4.90 Å². The van der Waals surface area contributed by atoms with Gasteiger partial charge in [0.25, 0.3) is 0 Å². The van der Waals surface area contributed by atoms with Crippen LogP contribution in [0.15, 0.2) is 36.4 Å². The second-order valence-corrected chi connectivity index (χ2v) is 6.84. The molecule has 0 amide bonds. The molecule has 3 rings (SSSR count). The van der Waals surface area contributed by atoms with E-state index in [1.165, 1.54) is 40.8 Å². The number of rotatable bonds is 4. The Hall–Kier alpha value is -1.80. The molecule has 1 aliphatic rings. The number of aliphatic hydroxyl groups is 1. The van der Waals surface area contributed by atoms with Gasteiger partial charge in [-0.15, -0.1) is 0 Å². The zero-order valence-corrected chi connectivity index (χ0v) is 14.5. The lowest BCUT2D eigenvalue weighted by Gasteiger charge is -2.32. The second-order valence-electron chi connectivity index (χ2n) is 6.84. The lowest BCUT2D eigenvalue weighted by molar-refractivity contribution is 0.168. The van der Waals surface area contributed by atoms with Gasteiger partial charge in [-0.05, 0) is 68.4 Å². The highest BCUT2D eigenvalue weighted by Gasteiger charge is 2.19. The molecule has 0 radical (unpaired) electrons. The summed E-state index contributed by atoms with van der Waals surface area (Å²) in [6.45, 7) is 8.32. The van der Waals surface area contributed by atoms with Crippen LogP contribution in [0.4, 0.5) is 5.69 Å². The summed E-state index contributed by atoms with van der Waals surface area (Å²) in [5.41, 5.74) is 7.57.